The summed E-state index contributed by atoms with van der Waals surface area (Å²) in [6, 6.07) is 19.0. The van der Waals surface area contributed by atoms with Crippen molar-refractivity contribution in [2.45, 2.75) is 19.1 Å². The third-order valence-electron chi connectivity index (χ3n) is 3.09. The van der Waals surface area contributed by atoms with E-state index in [2.05, 4.69) is 48.5 Å². The summed E-state index contributed by atoms with van der Waals surface area (Å²) in [5.74, 6) is 1.62. The monoisotopic (exact) mass is 300 g/mol. The Hall–Kier alpha value is -1.74. The molecule has 0 saturated carbocycles. The first-order chi connectivity index (χ1) is 10.3. The smallest absolute Gasteiger partial charge is 0.306 e. The standard InChI is InChI=1S/C18H20O2S/c1-2-20-18(19)12-13-21-14-15-8-10-17(11-9-15)16-6-4-3-5-7-16/h3-11H,2,12-14H2,1H3. The number of rotatable bonds is 7. The van der Waals surface area contributed by atoms with Crippen LogP contribution in [0.25, 0.3) is 11.1 Å². The van der Waals surface area contributed by atoms with Gasteiger partial charge in [0.15, 0.2) is 0 Å². The fourth-order valence-corrected chi connectivity index (χ4v) is 2.89. The van der Waals surface area contributed by atoms with Crippen LogP contribution in [0.1, 0.15) is 18.9 Å². The minimum absolute atomic E-state index is 0.107. The summed E-state index contributed by atoms with van der Waals surface area (Å²) < 4.78 is 4.91. The normalized spacial score (nSPS) is 10.3. The predicted octanol–water partition coefficient (Wildman–Crippen LogP) is 4.54. The van der Waals surface area contributed by atoms with Crippen LogP contribution in [0.5, 0.6) is 0 Å². The number of carbonyl (C=O) groups is 1. The predicted molar refractivity (Wildman–Crippen MR) is 89.3 cm³/mol. The largest absolute Gasteiger partial charge is 0.466 e. The van der Waals surface area contributed by atoms with Crippen molar-refractivity contribution in [1.82, 2.24) is 0 Å². The Bertz CT molecular complexity index is 549. The van der Waals surface area contributed by atoms with Crippen LogP contribution in [-0.4, -0.2) is 18.3 Å². The maximum absolute atomic E-state index is 11.2. The molecule has 0 atom stereocenters. The Balaban J connectivity index is 1.79. The molecule has 0 aromatic heterocycles. The first-order valence-electron chi connectivity index (χ1n) is 7.17. The lowest BCUT2D eigenvalue weighted by Crippen LogP contribution is -2.04. The molecular weight excluding hydrogens is 280 g/mol. The highest BCUT2D eigenvalue weighted by atomic mass is 32.2. The zero-order valence-corrected chi connectivity index (χ0v) is 13.1. The molecule has 2 aromatic rings. The van der Waals surface area contributed by atoms with Gasteiger partial charge in [0.05, 0.1) is 13.0 Å². The second kappa shape index (κ2) is 8.53. The summed E-state index contributed by atoms with van der Waals surface area (Å²) in [5.41, 5.74) is 3.75. The van der Waals surface area contributed by atoms with E-state index < -0.39 is 0 Å². The minimum atomic E-state index is -0.107. The number of esters is 1. The van der Waals surface area contributed by atoms with Crippen molar-refractivity contribution in [3.8, 4) is 11.1 Å². The van der Waals surface area contributed by atoms with Gasteiger partial charge in [-0.2, -0.15) is 11.8 Å². The van der Waals surface area contributed by atoms with Crippen LogP contribution in [0, 0.1) is 0 Å². The molecule has 0 N–H and O–H groups in total. The van der Waals surface area contributed by atoms with Crippen molar-refractivity contribution in [3.05, 3.63) is 60.2 Å². The second-order valence-corrected chi connectivity index (χ2v) is 5.78. The fraction of sp³-hybridized carbons (Fsp3) is 0.278. The summed E-state index contributed by atoms with van der Waals surface area (Å²) in [7, 11) is 0. The van der Waals surface area contributed by atoms with Crippen molar-refractivity contribution in [2.75, 3.05) is 12.4 Å². The highest BCUT2D eigenvalue weighted by Crippen LogP contribution is 2.21. The van der Waals surface area contributed by atoms with Crippen LogP contribution in [-0.2, 0) is 15.3 Å². The lowest BCUT2D eigenvalue weighted by molar-refractivity contribution is -0.142. The Kier molecular flexibility index (Phi) is 6.35. The van der Waals surface area contributed by atoms with E-state index >= 15 is 0 Å². The maximum Gasteiger partial charge on any atom is 0.306 e. The Morgan fingerprint density at radius 3 is 2.33 bits per heavy atom. The number of thioether (sulfide) groups is 1. The van der Waals surface area contributed by atoms with Gasteiger partial charge in [-0.1, -0.05) is 54.6 Å². The molecule has 2 nitrogen and oxygen atoms in total. The molecule has 0 fully saturated rings. The number of ether oxygens (including phenoxy) is 1. The van der Waals surface area contributed by atoms with E-state index in [1.165, 1.54) is 16.7 Å². The molecule has 0 spiro atoms. The fourth-order valence-electron chi connectivity index (χ4n) is 2.00. The Morgan fingerprint density at radius 1 is 1.00 bits per heavy atom. The van der Waals surface area contributed by atoms with Gasteiger partial charge in [0.25, 0.3) is 0 Å². The van der Waals surface area contributed by atoms with Gasteiger partial charge in [0.1, 0.15) is 0 Å². The molecule has 0 aliphatic carbocycles. The topological polar surface area (TPSA) is 26.3 Å². The summed E-state index contributed by atoms with van der Waals surface area (Å²) in [6.07, 6.45) is 0.487. The minimum Gasteiger partial charge on any atom is -0.466 e. The molecule has 110 valence electrons. The molecule has 0 aliphatic rings. The Labute approximate surface area is 130 Å². The van der Waals surface area contributed by atoms with E-state index in [-0.39, 0.29) is 5.97 Å². The van der Waals surface area contributed by atoms with Crippen molar-refractivity contribution >= 4 is 17.7 Å². The first kappa shape index (κ1) is 15.6. The van der Waals surface area contributed by atoms with Crippen LogP contribution < -0.4 is 0 Å². The van der Waals surface area contributed by atoms with Gasteiger partial charge in [0.2, 0.25) is 0 Å². The third kappa shape index (κ3) is 5.27. The first-order valence-corrected chi connectivity index (χ1v) is 8.33. The van der Waals surface area contributed by atoms with Crippen molar-refractivity contribution in [2.24, 2.45) is 0 Å². The summed E-state index contributed by atoms with van der Waals surface area (Å²) in [6.45, 7) is 2.30. The SMILES string of the molecule is CCOC(=O)CCSCc1ccc(-c2ccccc2)cc1. The number of carbonyl (C=O) groups excluding carboxylic acids is 1. The van der Waals surface area contributed by atoms with Crippen LogP contribution in [0.2, 0.25) is 0 Å². The molecule has 21 heavy (non-hydrogen) atoms. The van der Waals surface area contributed by atoms with Crippen molar-refractivity contribution in [3.63, 3.8) is 0 Å². The molecule has 0 unspecified atom stereocenters. The average molecular weight is 300 g/mol. The second-order valence-electron chi connectivity index (χ2n) is 4.67. The third-order valence-corrected chi connectivity index (χ3v) is 4.12. The zero-order valence-electron chi connectivity index (χ0n) is 12.2. The summed E-state index contributed by atoms with van der Waals surface area (Å²) in [4.78, 5) is 11.2. The van der Waals surface area contributed by atoms with E-state index in [4.69, 9.17) is 4.74 Å². The van der Waals surface area contributed by atoms with E-state index in [9.17, 15) is 4.79 Å². The Morgan fingerprint density at radius 2 is 1.67 bits per heavy atom. The highest BCUT2D eigenvalue weighted by molar-refractivity contribution is 7.98. The van der Waals surface area contributed by atoms with E-state index in [0.717, 1.165) is 11.5 Å². The molecule has 0 aliphatic heterocycles. The average Bonchev–Trinajstić information content (AvgIpc) is 2.53. The van der Waals surface area contributed by atoms with Gasteiger partial charge >= 0.3 is 5.97 Å². The molecule has 0 bridgehead atoms. The van der Waals surface area contributed by atoms with Gasteiger partial charge in [-0.15, -0.1) is 0 Å². The molecule has 0 amide bonds. The van der Waals surface area contributed by atoms with Crippen molar-refractivity contribution < 1.29 is 9.53 Å². The number of hydrogen-bond donors (Lipinski definition) is 0. The van der Waals surface area contributed by atoms with E-state index in [1.54, 1.807) is 11.8 Å². The molecule has 0 radical (unpaired) electrons. The highest BCUT2D eigenvalue weighted by Gasteiger charge is 2.02. The van der Waals surface area contributed by atoms with Gasteiger partial charge in [0, 0.05) is 11.5 Å². The van der Waals surface area contributed by atoms with Gasteiger partial charge in [-0.3, -0.25) is 4.79 Å². The van der Waals surface area contributed by atoms with Gasteiger partial charge < -0.3 is 4.74 Å². The number of benzene rings is 2. The van der Waals surface area contributed by atoms with Gasteiger partial charge in [-0.25, -0.2) is 0 Å². The van der Waals surface area contributed by atoms with Crippen LogP contribution in [0.4, 0.5) is 0 Å². The van der Waals surface area contributed by atoms with E-state index in [1.807, 2.05) is 13.0 Å². The number of hydrogen-bond acceptors (Lipinski definition) is 3. The van der Waals surface area contributed by atoms with Crippen LogP contribution >= 0.6 is 11.8 Å². The van der Waals surface area contributed by atoms with Crippen LogP contribution in [0.15, 0.2) is 54.6 Å². The molecule has 0 heterocycles. The van der Waals surface area contributed by atoms with Crippen LogP contribution in [0.3, 0.4) is 0 Å². The maximum atomic E-state index is 11.2. The molecule has 2 rings (SSSR count). The molecular formula is C18H20O2S. The molecule has 2 aromatic carbocycles. The van der Waals surface area contributed by atoms with Gasteiger partial charge in [-0.05, 0) is 23.6 Å². The quantitative estimate of drug-likeness (QED) is 0.554. The zero-order chi connectivity index (χ0) is 14.9. The lowest BCUT2D eigenvalue weighted by Gasteiger charge is -2.05. The lowest BCUT2D eigenvalue weighted by atomic mass is 10.0. The van der Waals surface area contributed by atoms with E-state index in [0.29, 0.717) is 13.0 Å². The molecule has 3 heteroatoms. The summed E-state index contributed by atoms with van der Waals surface area (Å²) >= 11 is 1.76. The summed E-state index contributed by atoms with van der Waals surface area (Å²) in [5, 5.41) is 0. The molecule has 0 saturated heterocycles. The van der Waals surface area contributed by atoms with Crippen molar-refractivity contribution in [1.29, 1.82) is 0 Å².